The predicted octanol–water partition coefficient (Wildman–Crippen LogP) is 0.946. The summed E-state index contributed by atoms with van der Waals surface area (Å²) in [6, 6.07) is 10.2. The highest BCUT2D eigenvalue weighted by Crippen LogP contribution is 2.00. The van der Waals surface area contributed by atoms with E-state index in [0.29, 0.717) is 6.61 Å². The van der Waals surface area contributed by atoms with E-state index < -0.39 is 0 Å². The van der Waals surface area contributed by atoms with Gasteiger partial charge in [-0.15, -0.1) is 0 Å². The Bertz CT molecular complexity index is 261. The van der Waals surface area contributed by atoms with Gasteiger partial charge in [0.2, 0.25) is 7.41 Å². The maximum atomic E-state index is 5.11. The molecule has 0 fully saturated rings. The van der Waals surface area contributed by atoms with Gasteiger partial charge < -0.3 is 9.96 Å². The second-order valence-corrected chi connectivity index (χ2v) is 4.02. The van der Waals surface area contributed by atoms with E-state index in [-0.39, 0.29) is 5.54 Å². The third kappa shape index (κ3) is 3.94. The highest BCUT2D eigenvalue weighted by Gasteiger charge is 2.16. The minimum atomic E-state index is -0.0232. The normalized spacial score (nSPS) is 11.4. The number of nitrogens with one attached hydrogen (secondary N) is 1. The van der Waals surface area contributed by atoms with Crippen LogP contribution in [0.3, 0.4) is 0 Å². The Kier molecular flexibility index (Phi) is 4.17. The molecule has 0 saturated carbocycles. The van der Waals surface area contributed by atoms with Crippen LogP contribution < -0.4 is 10.7 Å². The lowest BCUT2D eigenvalue weighted by Gasteiger charge is -2.25. The van der Waals surface area contributed by atoms with E-state index in [2.05, 4.69) is 31.2 Å². The summed E-state index contributed by atoms with van der Waals surface area (Å²) >= 11 is 0. The van der Waals surface area contributed by atoms with Gasteiger partial charge in [-0.2, -0.15) is 0 Å². The molecule has 0 amide bonds. The smallest absolute Gasteiger partial charge is 0.245 e. The first kappa shape index (κ1) is 11.3. The fraction of sp³-hybridized carbons (Fsp3) is 0.455. The van der Waals surface area contributed by atoms with Gasteiger partial charge in [-0.3, -0.25) is 0 Å². The van der Waals surface area contributed by atoms with Crippen molar-refractivity contribution in [3.8, 4) is 0 Å². The molecule has 0 bridgehead atoms. The van der Waals surface area contributed by atoms with Crippen LogP contribution in [0.25, 0.3) is 0 Å². The largest absolute Gasteiger partial charge is 0.383 e. The Morgan fingerprint density at radius 1 is 1.29 bits per heavy atom. The fourth-order valence-electron chi connectivity index (χ4n) is 1.23. The van der Waals surface area contributed by atoms with Crippen LogP contribution in [0, 0.1) is 0 Å². The molecule has 1 N–H and O–H groups in total. The summed E-state index contributed by atoms with van der Waals surface area (Å²) in [5.74, 6) is 0. The van der Waals surface area contributed by atoms with Gasteiger partial charge in [0, 0.05) is 12.6 Å². The Balaban J connectivity index is 2.40. The summed E-state index contributed by atoms with van der Waals surface area (Å²) in [4.78, 5) is 0. The SMILES string of the molecule is COCC(C)(C)N[B]c1ccccc1. The molecule has 3 heteroatoms. The van der Waals surface area contributed by atoms with Crippen LogP contribution in [0.1, 0.15) is 13.8 Å². The minimum absolute atomic E-state index is 0.0232. The first-order chi connectivity index (χ1) is 6.64. The van der Waals surface area contributed by atoms with Crippen molar-refractivity contribution in [1.29, 1.82) is 0 Å². The molecule has 0 saturated heterocycles. The zero-order valence-electron chi connectivity index (χ0n) is 9.08. The summed E-state index contributed by atoms with van der Waals surface area (Å²) in [6.07, 6.45) is 0. The molecule has 0 aliphatic rings. The monoisotopic (exact) mass is 190 g/mol. The van der Waals surface area contributed by atoms with Gasteiger partial charge in [0.05, 0.1) is 6.61 Å². The van der Waals surface area contributed by atoms with Crippen molar-refractivity contribution >= 4 is 12.9 Å². The lowest BCUT2D eigenvalue weighted by Crippen LogP contribution is -2.48. The molecule has 14 heavy (non-hydrogen) atoms. The van der Waals surface area contributed by atoms with Crippen molar-refractivity contribution in [2.24, 2.45) is 0 Å². The second kappa shape index (κ2) is 5.18. The maximum Gasteiger partial charge on any atom is 0.245 e. The topological polar surface area (TPSA) is 21.3 Å². The van der Waals surface area contributed by atoms with Gasteiger partial charge >= 0.3 is 0 Å². The van der Waals surface area contributed by atoms with Crippen LogP contribution in [0.5, 0.6) is 0 Å². The summed E-state index contributed by atoms with van der Waals surface area (Å²) < 4.78 is 5.11. The van der Waals surface area contributed by atoms with Gasteiger partial charge in [0.1, 0.15) is 0 Å². The van der Waals surface area contributed by atoms with E-state index in [1.165, 1.54) is 5.46 Å². The van der Waals surface area contributed by atoms with Gasteiger partial charge in [-0.05, 0) is 13.8 Å². The summed E-state index contributed by atoms with van der Waals surface area (Å²) in [7, 11) is 3.73. The fourth-order valence-corrected chi connectivity index (χ4v) is 1.23. The standard InChI is InChI=1S/C11H17BNO/c1-11(2,9-14-3)13-12-10-7-5-4-6-8-10/h4-8,13H,9H2,1-3H3. The molecule has 0 aliphatic carbocycles. The van der Waals surface area contributed by atoms with E-state index in [0.717, 1.165) is 0 Å². The van der Waals surface area contributed by atoms with Crippen molar-refractivity contribution < 1.29 is 4.74 Å². The van der Waals surface area contributed by atoms with Crippen molar-refractivity contribution in [2.45, 2.75) is 19.4 Å². The van der Waals surface area contributed by atoms with E-state index in [1.807, 2.05) is 25.6 Å². The number of rotatable bonds is 5. The molecule has 0 heterocycles. The summed E-state index contributed by atoms with van der Waals surface area (Å²) in [5, 5.41) is 3.33. The summed E-state index contributed by atoms with van der Waals surface area (Å²) in [5.41, 5.74) is 1.15. The van der Waals surface area contributed by atoms with Crippen LogP contribution in [0.4, 0.5) is 0 Å². The molecule has 0 aromatic heterocycles. The molecule has 1 aromatic carbocycles. The molecular formula is C11H17BNO. The Morgan fingerprint density at radius 3 is 2.50 bits per heavy atom. The molecule has 1 radical (unpaired) electrons. The van der Waals surface area contributed by atoms with E-state index in [1.54, 1.807) is 7.11 Å². The van der Waals surface area contributed by atoms with Crippen LogP contribution in [-0.2, 0) is 4.74 Å². The van der Waals surface area contributed by atoms with Gasteiger partial charge in [-0.1, -0.05) is 35.8 Å². The molecular weight excluding hydrogens is 173 g/mol. The van der Waals surface area contributed by atoms with Crippen molar-refractivity contribution in [3.63, 3.8) is 0 Å². The molecule has 2 nitrogen and oxygen atoms in total. The number of methoxy groups -OCH3 is 1. The lowest BCUT2D eigenvalue weighted by molar-refractivity contribution is 0.141. The van der Waals surface area contributed by atoms with Crippen LogP contribution in [-0.4, -0.2) is 26.7 Å². The molecule has 0 atom stereocenters. The molecule has 1 aromatic rings. The van der Waals surface area contributed by atoms with Crippen molar-refractivity contribution in [3.05, 3.63) is 30.3 Å². The van der Waals surface area contributed by atoms with Crippen molar-refractivity contribution in [2.75, 3.05) is 13.7 Å². The van der Waals surface area contributed by atoms with Crippen molar-refractivity contribution in [1.82, 2.24) is 5.23 Å². The molecule has 0 aliphatic heterocycles. The zero-order valence-corrected chi connectivity index (χ0v) is 9.08. The van der Waals surface area contributed by atoms with Crippen LogP contribution in [0.2, 0.25) is 0 Å². The minimum Gasteiger partial charge on any atom is -0.383 e. The van der Waals surface area contributed by atoms with E-state index in [4.69, 9.17) is 4.74 Å². The number of ether oxygens (including phenoxy) is 1. The first-order valence-corrected chi connectivity index (χ1v) is 4.79. The molecule has 1 rings (SSSR count). The Labute approximate surface area is 86.9 Å². The van der Waals surface area contributed by atoms with E-state index >= 15 is 0 Å². The maximum absolute atomic E-state index is 5.11. The Hall–Kier alpha value is -0.795. The van der Waals surface area contributed by atoms with Gasteiger partial charge in [-0.25, -0.2) is 0 Å². The third-order valence-electron chi connectivity index (χ3n) is 1.93. The highest BCUT2D eigenvalue weighted by atomic mass is 16.5. The second-order valence-electron chi connectivity index (χ2n) is 4.02. The average molecular weight is 190 g/mol. The molecule has 0 spiro atoms. The highest BCUT2D eigenvalue weighted by molar-refractivity contribution is 6.50. The van der Waals surface area contributed by atoms with Gasteiger partial charge in [0.25, 0.3) is 0 Å². The predicted molar refractivity (Wildman–Crippen MR) is 60.9 cm³/mol. The molecule has 0 unspecified atom stereocenters. The molecule has 75 valence electrons. The van der Waals surface area contributed by atoms with Crippen LogP contribution >= 0.6 is 0 Å². The summed E-state index contributed by atoms with van der Waals surface area (Å²) in [6.45, 7) is 4.90. The van der Waals surface area contributed by atoms with Crippen LogP contribution in [0.15, 0.2) is 30.3 Å². The van der Waals surface area contributed by atoms with Gasteiger partial charge in [0.15, 0.2) is 0 Å². The quantitative estimate of drug-likeness (QED) is 0.698. The average Bonchev–Trinajstić information content (AvgIpc) is 2.17. The number of hydrogen-bond donors (Lipinski definition) is 1. The lowest BCUT2D eigenvalue weighted by atomic mass is 9.80. The zero-order chi connectivity index (χ0) is 10.4. The first-order valence-electron chi connectivity index (χ1n) is 4.79. The number of hydrogen-bond acceptors (Lipinski definition) is 2. The Morgan fingerprint density at radius 2 is 1.93 bits per heavy atom. The third-order valence-corrected chi connectivity index (χ3v) is 1.93. The van der Waals surface area contributed by atoms with E-state index in [9.17, 15) is 0 Å². The number of benzene rings is 1.